The van der Waals surface area contributed by atoms with Gasteiger partial charge in [-0.3, -0.25) is 0 Å². The molecule has 0 unspecified atom stereocenters. The first kappa shape index (κ1) is 10.2. The Morgan fingerprint density at radius 3 is 2.60 bits per heavy atom. The molecule has 2 rings (SSSR count). The Hall–Kier alpha value is -1.37. The maximum Gasteiger partial charge on any atom is 0.360 e. The lowest BCUT2D eigenvalue weighted by Crippen LogP contribution is -1.95. The fourth-order valence-corrected chi connectivity index (χ4v) is 1.90. The summed E-state index contributed by atoms with van der Waals surface area (Å²) >= 11 is 0. The Morgan fingerprint density at radius 1 is 1.20 bits per heavy atom. The smallest absolute Gasteiger partial charge is 0.212 e. The molecule has 0 spiro atoms. The van der Waals surface area contributed by atoms with E-state index in [2.05, 4.69) is 32.9 Å². The second-order valence-electron chi connectivity index (χ2n) is 4.17. The molecule has 78 valence electrons. The van der Waals surface area contributed by atoms with Crippen LogP contribution in [-0.2, 0) is 6.42 Å². The summed E-state index contributed by atoms with van der Waals surface area (Å²) in [5, 5.41) is 1.19. The van der Waals surface area contributed by atoms with Crippen LogP contribution < -0.4 is 0 Å². The fraction of sp³-hybridized carbons (Fsp3) is 0.357. The van der Waals surface area contributed by atoms with Crippen LogP contribution in [-0.4, -0.2) is 0 Å². The Labute approximate surface area is 90.7 Å². The zero-order valence-corrected chi connectivity index (χ0v) is 9.58. The summed E-state index contributed by atoms with van der Waals surface area (Å²) in [5.74, 6) is 1.64. The molecule has 0 saturated heterocycles. The van der Waals surface area contributed by atoms with Crippen LogP contribution in [0.1, 0.15) is 38.0 Å². The SMILES string of the molecule is CCc1[o+]c2ccccc2cc1C(C)C. The zero-order valence-electron chi connectivity index (χ0n) is 9.58. The maximum atomic E-state index is 5.90. The van der Waals surface area contributed by atoms with Crippen molar-refractivity contribution in [2.24, 2.45) is 0 Å². The predicted molar refractivity (Wildman–Crippen MR) is 64.1 cm³/mol. The van der Waals surface area contributed by atoms with E-state index >= 15 is 0 Å². The topological polar surface area (TPSA) is 11.3 Å². The first-order chi connectivity index (χ1) is 7.22. The minimum atomic E-state index is 0.522. The Kier molecular flexibility index (Phi) is 2.72. The number of para-hydroxylation sites is 1. The summed E-state index contributed by atoms with van der Waals surface area (Å²) in [6.07, 6.45) is 0.957. The molecule has 0 aliphatic heterocycles. The van der Waals surface area contributed by atoms with E-state index in [9.17, 15) is 0 Å². The lowest BCUT2D eigenvalue weighted by atomic mass is 9.99. The van der Waals surface area contributed by atoms with E-state index in [4.69, 9.17) is 4.42 Å². The van der Waals surface area contributed by atoms with Gasteiger partial charge in [0, 0.05) is 6.07 Å². The van der Waals surface area contributed by atoms with Crippen LogP contribution in [0.3, 0.4) is 0 Å². The summed E-state index contributed by atoms with van der Waals surface area (Å²) in [6, 6.07) is 10.4. The summed E-state index contributed by atoms with van der Waals surface area (Å²) < 4.78 is 5.90. The number of fused-ring (bicyclic) bond motifs is 1. The van der Waals surface area contributed by atoms with Gasteiger partial charge in [0.2, 0.25) is 0 Å². The molecule has 1 nitrogen and oxygen atoms in total. The average molecular weight is 201 g/mol. The summed E-state index contributed by atoms with van der Waals surface area (Å²) in [7, 11) is 0. The Balaban J connectivity index is 2.69. The minimum Gasteiger partial charge on any atom is -0.212 e. The molecule has 2 aromatic rings. The molecule has 0 aliphatic rings. The van der Waals surface area contributed by atoms with Gasteiger partial charge in [0.1, 0.15) is 0 Å². The van der Waals surface area contributed by atoms with Gasteiger partial charge in [-0.2, -0.15) is 0 Å². The molecular weight excluding hydrogens is 184 g/mol. The van der Waals surface area contributed by atoms with Crippen molar-refractivity contribution in [2.75, 3.05) is 0 Å². The van der Waals surface area contributed by atoms with E-state index in [0.29, 0.717) is 5.92 Å². The minimum absolute atomic E-state index is 0.522. The lowest BCUT2D eigenvalue weighted by molar-refractivity contribution is 0.528. The molecule has 0 saturated carbocycles. The largest absolute Gasteiger partial charge is 0.360 e. The third-order valence-electron chi connectivity index (χ3n) is 2.73. The first-order valence-electron chi connectivity index (χ1n) is 5.57. The molecule has 1 heteroatoms. The highest BCUT2D eigenvalue weighted by Crippen LogP contribution is 2.26. The normalized spacial score (nSPS) is 11.2. The van der Waals surface area contributed by atoms with Crippen LogP contribution in [0.5, 0.6) is 0 Å². The Morgan fingerprint density at radius 2 is 1.93 bits per heavy atom. The van der Waals surface area contributed by atoms with Gasteiger partial charge < -0.3 is 0 Å². The van der Waals surface area contributed by atoms with Crippen LogP contribution in [0.15, 0.2) is 34.7 Å². The quantitative estimate of drug-likeness (QED) is 0.655. The van der Waals surface area contributed by atoms with Gasteiger partial charge in [-0.15, -0.1) is 0 Å². The fourth-order valence-electron chi connectivity index (χ4n) is 1.90. The molecule has 0 radical (unpaired) electrons. The van der Waals surface area contributed by atoms with E-state index in [1.165, 1.54) is 10.9 Å². The monoisotopic (exact) mass is 201 g/mol. The number of hydrogen-bond acceptors (Lipinski definition) is 0. The summed E-state index contributed by atoms with van der Waals surface area (Å²) in [5.41, 5.74) is 2.31. The molecule has 0 bridgehead atoms. The molecule has 0 amide bonds. The predicted octanol–water partition coefficient (Wildman–Crippen LogP) is 4.40. The summed E-state index contributed by atoms with van der Waals surface area (Å²) in [6.45, 7) is 6.55. The van der Waals surface area contributed by atoms with Gasteiger partial charge in [-0.05, 0) is 18.1 Å². The zero-order chi connectivity index (χ0) is 10.8. The number of benzene rings is 1. The van der Waals surface area contributed by atoms with Crippen molar-refractivity contribution in [1.29, 1.82) is 0 Å². The number of aryl methyl sites for hydroxylation is 1. The average Bonchev–Trinajstić information content (AvgIpc) is 2.27. The molecular formula is C14H17O+. The van der Waals surface area contributed by atoms with E-state index < -0.39 is 0 Å². The van der Waals surface area contributed by atoms with E-state index in [0.717, 1.165) is 17.8 Å². The van der Waals surface area contributed by atoms with Gasteiger partial charge in [0.05, 0.1) is 17.4 Å². The van der Waals surface area contributed by atoms with Gasteiger partial charge in [0.25, 0.3) is 0 Å². The van der Waals surface area contributed by atoms with Gasteiger partial charge in [-0.25, -0.2) is 4.42 Å². The van der Waals surface area contributed by atoms with Gasteiger partial charge in [0.15, 0.2) is 0 Å². The third-order valence-corrected chi connectivity index (χ3v) is 2.73. The highest BCUT2D eigenvalue weighted by molar-refractivity contribution is 5.77. The van der Waals surface area contributed by atoms with Crippen molar-refractivity contribution >= 4 is 11.0 Å². The standard InChI is InChI=1S/C14H17O/c1-4-13-12(10(2)3)9-11-7-5-6-8-14(11)15-13/h5-10H,4H2,1-3H3/q+1. The van der Waals surface area contributed by atoms with Crippen molar-refractivity contribution in [2.45, 2.75) is 33.1 Å². The summed E-state index contributed by atoms with van der Waals surface area (Å²) in [4.78, 5) is 0. The molecule has 15 heavy (non-hydrogen) atoms. The molecule has 1 aromatic carbocycles. The van der Waals surface area contributed by atoms with Gasteiger partial charge in [-0.1, -0.05) is 32.9 Å². The second-order valence-corrected chi connectivity index (χ2v) is 4.17. The first-order valence-corrected chi connectivity index (χ1v) is 5.57. The number of hydrogen-bond donors (Lipinski definition) is 0. The molecule has 0 fully saturated rings. The van der Waals surface area contributed by atoms with Crippen LogP contribution in [0.2, 0.25) is 0 Å². The van der Waals surface area contributed by atoms with E-state index in [1.54, 1.807) is 0 Å². The highest BCUT2D eigenvalue weighted by Gasteiger charge is 2.18. The molecule has 1 aromatic heterocycles. The lowest BCUT2D eigenvalue weighted by Gasteiger charge is -2.03. The molecule has 0 aliphatic carbocycles. The van der Waals surface area contributed by atoms with Crippen LogP contribution in [0.4, 0.5) is 0 Å². The second kappa shape index (κ2) is 4.01. The van der Waals surface area contributed by atoms with E-state index in [-0.39, 0.29) is 0 Å². The molecule has 0 atom stereocenters. The van der Waals surface area contributed by atoms with Crippen molar-refractivity contribution in [3.8, 4) is 0 Å². The van der Waals surface area contributed by atoms with Crippen LogP contribution in [0.25, 0.3) is 11.0 Å². The van der Waals surface area contributed by atoms with Crippen molar-refractivity contribution in [3.63, 3.8) is 0 Å². The van der Waals surface area contributed by atoms with Crippen molar-refractivity contribution in [3.05, 3.63) is 41.7 Å². The number of rotatable bonds is 2. The molecule has 1 heterocycles. The van der Waals surface area contributed by atoms with Gasteiger partial charge >= 0.3 is 11.3 Å². The molecule has 0 N–H and O–H groups in total. The van der Waals surface area contributed by atoms with Crippen molar-refractivity contribution in [1.82, 2.24) is 0 Å². The van der Waals surface area contributed by atoms with E-state index in [1.807, 2.05) is 18.2 Å². The maximum absolute atomic E-state index is 5.90. The van der Waals surface area contributed by atoms with Crippen LogP contribution >= 0.6 is 0 Å². The van der Waals surface area contributed by atoms with Crippen molar-refractivity contribution < 1.29 is 4.42 Å². The highest BCUT2D eigenvalue weighted by atomic mass is 16.3. The Bertz CT molecular complexity index is 472. The third kappa shape index (κ3) is 1.87. The van der Waals surface area contributed by atoms with Crippen LogP contribution in [0, 0.1) is 0 Å².